The normalized spacial score (nSPS) is 15.0. The molecule has 1 aromatic carbocycles. The maximum Gasteiger partial charge on any atom is 0.224 e. The van der Waals surface area contributed by atoms with Crippen LogP contribution in [0.4, 0.5) is 5.95 Å². The van der Waals surface area contributed by atoms with Crippen molar-refractivity contribution in [3.8, 4) is 22.6 Å². The van der Waals surface area contributed by atoms with E-state index in [0.717, 1.165) is 41.7 Å². The Balaban J connectivity index is 1.68. The molecule has 2 aromatic heterocycles. The minimum atomic E-state index is 0.780. The molecule has 0 N–H and O–H groups in total. The molecule has 4 rings (SSSR count). The van der Waals surface area contributed by atoms with E-state index >= 15 is 0 Å². The number of piperidine rings is 1. The average molecular weight is 322 g/mol. The Labute approximate surface area is 141 Å². The van der Waals surface area contributed by atoms with E-state index in [4.69, 9.17) is 4.98 Å². The van der Waals surface area contributed by atoms with Crippen LogP contribution in [0.1, 0.15) is 19.3 Å². The molecule has 1 aliphatic rings. The van der Waals surface area contributed by atoms with Gasteiger partial charge in [0.1, 0.15) is 0 Å². The molecule has 24 heavy (non-hydrogen) atoms. The van der Waals surface area contributed by atoms with Gasteiger partial charge in [0.25, 0.3) is 0 Å². The van der Waals surface area contributed by atoms with E-state index in [1.165, 1.54) is 19.3 Å². The van der Waals surface area contributed by atoms with Gasteiger partial charge in [-0.3, -0.25) is 4.68 Å². The predicted octanol–water partition coefficient (Wildman–Crippen LogP) is 2.87. The second kappa shape index (κ2) is 6.11. The summed E-state index contributed by atoms with van der Waals surface area (Å²) in [6.45, 7) is 2.14. The van der Waals surface area contributed by atoms with E-state index in [2.05, 4.69) is 39.4 Å². The van der Waals surface area contributed by atoms with Gasteiger partial charge in [-0.25, -0.2) is 4.68 Å². The van der Waals surface area contributed by atoms with Crippen LogP contribution in [0.15, 0.2) is 36.5 Å². The van der Waals surface area contributed by atoms with Crippen LogP contribution in [0.2, 0.25) is 0 Å². The highest BCUT2D eigenvalue weighted by Crippen LogP contribution is 2.26. The van der Waals surface area contributed by atoms with E-state index in [1.54, 1.807) is 0 Å². The maximum absolute atomic E-state index is 4.80. The first-order valence-corrected chi connectivity index (χ1v) is 8.47. The predicted molar refractivity (Wildman–Crippen MR) is 94.7 cm³/mol. The van der Waals surface area contributed by atoms with E-state index in [9.17, 15) is 0 Å². The minimum absolute atomic E-state index is 0.780. The molecule has 1 aliphatic heterocycles. The molecule has 0 amide bonds. The number of anilines is 1. The van der Waals surface area contributed by atoms with Gasteiger partial charge in [0, 0.05) is 44.5 Å². The minimum Gasteiger partial charge on any atom is -0.341 e. The van der Waals surface area contributed by atoms with E-state index in [-0.39, 0.29) is 0 Å². The molecule has 0 atom stereocenters. The largest absolute Gasteiger partial charge is 0.341 e. The number of aromatic nitrogens is 5. The number of aryl methyl sites for hydroxylation is 2. The molecule has 0 unspecified atom stereocenters. The first-order chi connectivity index (χ1) is 11.7. The first-order valence-electron chi connectivity index (χ1n) is 8.47. The third kappa shape index (κ3) is 2.68. The zero-order valence-electron chi connectivity index (χ0n) is 14.2. The molecule has 0 bridgehead atoms. The average Bonchev–Trinajstić information content (AvgIpc) is 3.22. The number of hydrogen-bond acceptors (Lipinski definition) is 4. The topological polar surface area (TPSA) is 51.8 Å². The number of rotatable bonds is 3. The molecule has 1 saturated heterocycles. The van der Waals surface area contributed by atoms with Gasteiger partial charge in [-0.15, -0.1) is 5.10 Å². The molecule has 3 aromatic rings. The van der Waals surface area contributed by atoms with Gasteiger partial charge in [0.2, 0.25) is 5.95 Å². The van der Waals surface area contributed by atoms with Crippen molar-refractivity contribution in [3.63, 3.8) is 0 Å². The SMILES string of the molecule is Cn1nccc1-c1cccc(-c2nc(N3CCCCC3)n(C)n2)c1. The van der Waals surface area contributed by atoms with E-state index < -0.39 is 0 Å². The van der Waals surface area contributed by atoms with Crippen LogP contribution in [0.3, 0.4) is 0 Å². The standard InChI is InChI=1S/C18H22N6/c1-22-16(9-10-19-22)14-7-6-8-15(13-14)17-20-18(23(2)21-17)24-11-4-3-5-12-24/h6-10,13H,3-5,11-12H2,1-2H3. The van der Waals surface area contributed by atoms with Crippen LogP contribution < -0.4 is 4.90 Å². The van der Waals surface area contributed by atoms with Crippen LogP contribution in [-0.4, -0.2) is 37.6 Å². The molecule has 124 valence electrons. The fourth-order valence-electron chi connectivity index (χ4n) is 3.34. The van der Waals surface area contributed by atoms with Crippen LogP contribution in [0.25, 0.3) is 22.6 Å². The molecule has 0 radical (unpaired) electrons. The lowest BCUT2D eigenvalue weighted by atomic mass is 10.1. The van der Waals surface area contributed by atoms with Gasteiger partial charge in [0.05, 0.1) is 5.69 Å². The molecule has 0 saturated carbocycles. The Bertz CT molecular complexity index is 841. The molecular formula is C18H22N6. The smallest absolute Gasteiger partial charge is 0.224 e. The third-order valence-corrected chi connectivity index (χ3v) is 4.62. The van der Waals surface area contributed by atoms with Crippen molar-refractivity contribution in [3.05, 3.63) is 36.5 Å². The monoisotopic (exact) mass is 322 g/mol. The Hall–Kier alpha value is -2.63. The fraction of sp³-hybridized carbons (Fsp3) is 0.389. The highest BCUT2D eigenvalue weighted by Gasteiger charge is 2.18. The second-order valence-electron chi connectivity index (χ2n) is 6.33. The summed E-state index contributed by atoms with van der Waals surface area (Å²) in [5.41, 5.74) is 3.25. The summed E-state index contributed by atoms with van der Waals surface area (Å²) in [7, 11) is 3.93. The van der Waals surface area contributed by atoms with E-state index in [0.29, 0.717) is 0 Å². The quantitative estimate of drug-likeness (QED) is 0.744. The van der Waals surface area contributed by atoms with Gasteiger partial charge in [-0.05, 0) is 31.4 Å². The molecule has 6 nitrogen and oxygen atoms in total. The highest BCUT2D eigenvalue weighted by molar-refractivity contribution is 5.68. The van der Waals surface area contributed by atoms with Gasteiger partial charge in [-0.2, -0.15) is 10.1 Å². The molecular weight excluding hydrogens is 300 g/mol. The van der Waals surface area contributed by atoms with Gasteiger partial charge in [-0.1, -0.05) is 18.2 Å². The van der Waals surface area contributed by atoms with Gasteiger partial charge in [0.15, 0.2) is 5.82 Å². The number of nitrogens with zero attached hydrogens (tertiary/aromatic N) is 6. The zero-order chi connectivity index (χ0) is 16.5. The van der Waals surface area contributed by atoms with Crippen molar-refractivity contribution in [1.29, 1.82) is 0 Å². The Morgan fingerprint density at radius 3 is 2.46 bits per heavy atom. The summed E-state index contributed by atoms with van der Waals surface area (Å²) in [6.07, 6.45) is 5.60. The summed E-state index contributed by atoms with van der Waals surface area (Å²) in [4.78, 5) is 7.14. The zero-order valence-corrected chi connectivity index (χ0v) is 14.2. The lowest BCUT2D eigenvalue weighted by Gasteiger charge is -2.26. The summed E-state index contributed by atoms with van der Waals surface area (Å²) >= 11 is 0. The number of benzene rings is 1. The van der Waals surface area contributed by atoms with E-state index in [1.807, 2.05) is 35.7 Å². The van der Waals surface area contributed by atoms with Crippen molar-refractivity contribution < 1.29 is 0 Å². The van der Waals surface area contributed by atoms with Crippen molar-refractivity contribution in [1.82, 2.24) is 24.5 Å². The van der Waals surface area contributed by atoms with Crippen LogP contribution in [-0.2, 0) is 14.1 Å². The third-order valence-electron chi connectivity index (χ3n) is 4.62. The van der Waals surface area contributed by atoms with Crippen molar-refractivity contribution >= 4 is 5.95 Å². The van der Waals surface area contributed by atoms with Crippen LogP contribution >= 0.6 is 0 Å². The van der Waals surface area contributed by atoms with Gasteiger partial charge >= 0.3 is 0 Å². The molecule has 6 heteroatoms. The molecule has 1 fully saturated rings. The van der Waals surface area contributed by atoms with Crippen LogP contribution in [0.5, 0.6) is 0 Å². The Kier molecular flexibility index (Phi) is 3.80. The summed E-state index contributed by atoms with van der Waals surface area (Å²) < 4.78 is 3.78. The lowest BCUT2D eigenvalue weighted by Crippen LogP contribution is -2.31. The van der Waals surface area contributed by atoms with Crippen molar-refractivity contribution in [2.75, 3.05) is 18.0 Å². The Morgan fingerprint density at radius 1 is 0.917 bits per heavy atom. The molecule has 0 aliphatic carbocycles. The van der Waals surface area contributed by atoms with Gasteiger partial charge < -0.3 is 4.90 Å². The summed E-state index contributed by atoms with van der Waals surface area (Å²) in [5, 5.41) is 8.89. The molecule has 0 spiro atoms. The number of hydrogen-bond donors (Lipinski definition) is 0. The molecule has 3 heterocycles. The highest BCUT2D eigenvalue weighted by atomic mass is 15.4. The first kappa shape index (κ1) is 14.9. The summed E-state index contributed by atoms with van der Waals surface area (Å²) in [6, 6.07) is 10.4. The van der Waals surface area contributed by atoms with Crippen molar-refractivity contribution in [2.24, 2.45) is 14.1 Å². The lowest BCUT2D eigenvalue weighted by molar-refractivity contribution is 0.557. The van der Waals surface area contributed by atoms with Crippen molar-refractivity contribution in [2.45, 2.75) is 19.3 Å². The maximum atomic E-state index is 4.80. The summed E-state index contributed by atoms with van der Waals surface area (Å²) in [5.74, 6) is 1.75. The second-order valence-corrected chi connectivity index (χ2v) is 6.33. The Morgan fingerprint density at radius 2 is 1.71 bits per heavy atom. The fourth-order valence-corrected chi connectivity index (χ4v) is 3.34. The van der Waals surface area contributed by atoms with Crippen LogP contribution in [0, 0.1) is 0 Å².